The molecule has 0 unspecified atom stereocenters. The molecule has 0 fully saturated rings. The molecular formula is C22H26N4O8. The quantitative estimate of drug-likeness (QED) is 0.280. The topological polar surface area (TPSA) is 215 Å². The highest BCUT2D eigenvalue weighted by Gasteiger charge is 2.09. The summed E-state index contributed by atoms with van der Waals surface area (Å²) >= 11 is 0. The molecule has 0 amide bonds. The molecule has 34 heavy (non-hydrogen) atoms. The first-order chi connectivity index (χ1) is 16.1. The summed E-state index contributed by atoms with van der Waals surface area (Å²) in [6, 6.07) is 6.43. The molecule has 1 aliphatic heterocycles. The number of benzene rings is 1. The summed E-state index contributed by atoms with van der Waals surface area (Å²) in [5, 5.41) is 35.9. The minimum atomic E-state index is -1.26. The number of carboxylic acid groups (broad SMARTS) is 4. The fourth-order valence-corrected chi connectivity index (χ4v) is 2.70. The number of rotatable bonds is 7. The fraction of sp³-hybridized carbons (Fsp3) is 0.227. The number of aromatic amines is 1. The molecule has 0 saturated carbocycles. The molecule has 0 radical (unpaired) electrons. The third-order valence-corrected chi connectivity index (χ3v) is 4.09. The molecule has 12 heteroatoms. The predicted octanol–water partition coefficient (Wildman–Crippen LogP) is 0.833. The van der Waals surface area contributed by atoms with Crippen LogP contribution in [-0.2, 0) is 25.6 Å². The van der Waals surface area contributed by atoms with E-state index in [-0.39, 0.29) is 0 Å². The molecule has 3 rings (SSSR count). The van der Waals surface area contributed by atoms with Gasteiger partial charge >= 0.3 is 23.9 Å². The van der Waals surface area contributed by atoms with Crippen LogP contribution in [-0.4, -0.2) is 74.8 Å². The third kappa shape index (κ3) is 10.7. The summed E-state index contributed by atoms with van der Waals surface area (Å²) in [6.07, 6.45) is 6.31. The zero-order valence-corrected chi connectivity index (χ0v) is 18.1. The average Bonchev–Trinajstić information content (AvgIpc) is 3.20. The van der Waals surface area contributed by atoms with Crippen molar-refractivity contribution in [2.75, 3.05) is 19.6 Å². The number of hydrogen-bond acceptors (Lipinski definition) is 7. The van der Waals surface area contributed by atoms with Gasteiger partial charge in [-0.2, -0.15) is 0 Å². The molecule has 182 valence electrons. The summed E-state index contributed by atoms with van der Waals surface area (Å²) < 4.78 is 0. The number of hydrogen-bond donors (Lipinski definition) is 7. The standard InChI is InChI=1S/C14H18N4.2C4H4O4/c15-5-4-11-9-18-13-3-2-10(8-12(11)13)14-16-6-1-7-17-14;2*5-3(6)1-2-4(7)8/h2-3,8-9,18H,1,4-7,15H2,(H,16,17);2*1-2H,(H,5,6)(H,7,8)/b;2*2-1-. The van der Waals surface area contributed by atoms with Gasteiger partial charge in [-0.1, -0.05) is 0 Å². The molecule has 1 aliphatic rings. The van der Waals surface area contributed by atoms with Crippen LogP contribution in [0.3, 0.4) is 0 Å². The van der Waals surface area contributed by atoms with Gasteiger partial charge in [-0.3, -0.25) is 4.99 Å². The van der Waals surface area contributed by atoms with Crippen LogP contribution in [0.1, 0.15) is 17.5 Å². The minimum absolute atomic E-state index is 0.558. The number of fused-ring (bicyclic) bond motifs is 1. The first kappa shape index (κ1) is 27.6. The van der Waals surface area contributed by atoms with Gasteiger partial charge in [-0.25, -0.2) is 19.2 Å². The second kappa shape index (κ2) is 14.6. The van der Waals surface area contributed by atoms with Crippen molar-refractivity contribution >= 4 is 40.6 Å². The number of aromatic nitrogens is 1. The van der Waals surface area contributed by atoms with E-state index >= 15 is 0 Å². The highest BCUT2D eigenvalue weighted by molar-refractivity contribution is 6.02. The van der Waals surface area contributed by atoms with E-state index in [1.54, 1.807) is 0 Å². The van der Waals surface area contributed by atoms with Gasteiger partial charge in [0, 0.05) is 60.1 Å². The molecular weight excluding hydrogens is 448 g/mol. The van der Waals surface area contributed by atoms with E-state index in [0.717, 1.165) is 31.8 Å². The van der Waals surface area contributed by atoms with Gasteiger partial charge in [-0.05, 0) is 43.1 Å². The number of aliphatic imine (C=N–C) groups is 1. The maximum absolute atomic E-state index is 9.55. The maximum atomic E-state index is 9.55. The second-order valence-electron chi connectivity index (χ2n) is 6.64. The summed E-state index contributed by atoms with van der Waals surface area (Å²) in [7, 11) is 0. The molecule has 1 aromatic carbocycles. The molecule has 1 aromatic heterocycles. The molecule has 2 heterocycles. The molecule has 0 aliphatic carbocycles. The lowest BCUT2D eigenvalue weighted by Gasteiger charge is -2.14. The van der Waals surface area contributed by atoms with Gasteiger partial charge in [0.25, 0.3) is 0 Å². The molecule has 0 bridgehead atoms. The van der Waals surface area contributed by atoms with Gasteiger partial charge in [0.2, 0.25) is 0 Å². The highest BCUT2D eigenvalue weighted by Crippen LogP contribution is 2.20. The van der Waals surface area contributed by atoms with Gasteiger partial charge in [0.1, 0.15) is 5.84 Å². The number of nitrogens with two attached hydrogens (primary N) is 1. The summed E-state index contributed by atoms with van der Waals surface area (Å²) in [4.78, 5) is 46.0. The Morgan fingerprint density at radius 3 is 1.94 bits per heavy atom. The lowest BCUT2D eigenvalue weighted by Crippen LogP contribution is -2.30. The monoisotopic (exact) mass is 474 g/mol. The van der Waals surface area contributed by atoms with Crippen LogP contribution in [0.25, 0.3) is 10.9 Å². The van der Waals surface area contributed by atoms with Gasteiger partial charge in [0.15, 0.2) is 0 Å². The van der Waals surface area contributed by atoms with Crippen LogP contribution in [0, 0.1) is 0 Å². The first-order valence-corrected chi connectivity index (χ1v) is 10.0. The van der Waals surface area contributed by atoms with Crippen LogP contribution in [0.4, 0.5) is 0 Å². The zero-order valence-electron chi connectivity index (χ0n) is 18.1. The molecule has 8 N–H and O–H groups in total. The number of nitrogens with one attached hydrogen (secondary N) is 2. The second-order valence-corrected chi connectivity index (χ2v) is 6.64. The summed E-state index contributed by atoms with van der Waals surface area (Å²) in [5.41, 5.74) is 9.26. The van der Waals surface area contributed by atoms with E-state index in [0.29, 0.717) is 30.8 Å². The molecule has 2 aromatic rings. The van der Waals surface area contributed by atoms with Crippen molar-refractivity contribution in [3.8, 4) is 0 Å². The SMILES string of the molecule is NCCc1c[nH]c2ccc(C3=NCCCN3)cc12.O=C(O)/C=C\C(=O)O.O=C(O)/C=C\C(=O)O. The Labute approximate surface area is 194 Å². The smallest absolute Gasteiger partial charge is 0.328 e. The van der Waals surface area contributed by atoms with Crippen LogP contribution in [0.5, 0.6) is 0 Å². The number of carboxylic acids is 4. The lowest BCUT2D eigenvalue weighted by molar-refractivity contribution is -0.134. The Bertz CT molecular complexity index is 1040. The average molecular weight is 474 g/mol. The van der Waals surface area contributed by atoms with Crippen molar-refractivity contribution in [2.24, 2.45) is 10.7 Å². The normalized spacial score (nSPS) is 12.7. The number of amidine groups is 1. The largest absolute Gasteiger partial charge is 0.478 e. The Balaban J connectivity index is 0.000000304. The van der Waals surface area contributed by atoms with Crippen molar-refractivity contribution in [3.63, 3.8) is 0 Å². The Morgan fingerprint density at radius 1 is 0.941 bits per heavy atom. The van der Waals surface area contributed by atoms with Gasteiger partial charge in [0.05, 0.1) is 0 Å². The molecule has 0 saturated heterocycles. The first-order valence-electron chi connectivity index (χ1n) is 10.0. The van der Waals surface area contributed by atoms with Crippen molar-refractivity contribution in [1.29, 1.82) is 0 Å². The summed E-state index contributed by atoms with van der Waals surface area (Å²) in [6.45, 7) is 2.61. The molecule has 0 spiro atoms. The van der Waals surface area contributed by atoms with Crippen LogP contribution >= 0.6 is 0 Å². The fourth-order valence-electron chi connectivity index (χ4n) is 2.70. The number of nitrogens with zero attached hydrogens (tertiary/aromatic N) is 1. The van der Waals surface area contributed by atoms with Crippen LogP contribution in [0.2, 0.25) is 0 Å². The van der Waals surface area contributed by atoms with Crippen molar-refractivity contribution in [3.05, 3.63) is 59.8 Å². The Hall–Kier alpha value is -4.45. The van der Waals surface area contributed by atoms with Crippen LogP contribution < -0.4 is 11.1 Å². The zero-order chi connectivity index (χ0) is 25.5. The third-order valence-electron chi connectivity index (χ3n) is 4.09. The van der Waals surface area contributed by atoms with Gasteiger partial charge in [-0.15, -0.1) is 0 Å². The van der Waals surface area contributed by atoms with Gasteiger partial charge < -0.3 is 36.5 Å². The van der Waals surface area contributed by atoms with E-state index < -0.39 is 23.9 Å². The van der Waals surface area contributed by atoms with Crippen molar-refractivity contribution < 1.29 is 39.6 Å². The van der Waals surface area contributed by atoms with Crippen molar-refractivity contribution in [1.82, 2.24) is 10.3 Å². The van der Waals surface area contributed by atoms with E-state index in [2.05, 4.69) is 39.7 Å². The van der Waals surface area contributed by atoms with E-state index in [1.807, 2.05) is 0 Å². The van der Waals surface area contributed by atoms with Crippen molar-refractivity contribution in [2.45, 2.75) is 12.8 Å². The lowest BCUT2D eigenvalue weighted by atomic mass is 10.1. The van der Waals surface area contributed by atoms with E-state index in [4.69, 9.17) is 26.2 Å². The predicted molar refractivity (Wildman–Crippen MR) is 124 cm³/mol. The Kier molecular flexibility index (Phi) is 11.8. The number of aliphatic carboxylic acids is 4. The van der Waals surface area contributed by atoms with E-state index in [1.165, 1.54) is 22.0 Å². The number of carbonyl (C=O) groups is 4. The number of H-pyrrole nitrogens is 1. The maximum Gasteiger partial charge on any atom is 0.328 e. The van der Waals surface area contributed by atoms with Crippen LogP contribution in [0.15, 0.2) is 53.7 Å². The minimum Gasteiger partial charge on any atom is -0.478 e. The Morgan fingerprint density at radius 2 is 1.50 bits per heavy atom. The highest BCUT2D eigenvalue weighted by atomic mass is 16.4. The van der Waals surface area contributed by atoms with E-state index in [9.17, 15) is 19.2 Å². The summed E-state index contributed by atoms with van der Waals surface area (Å²) in [5.74, 6) is -4.01. The molecule has 0 atom stereocenters. The molecule has 12 nitrogen and oxygen atoms in total.